The predicted octanol–water partition coefficient (Wildman–Crippen LogP) is 5.50. The van der Waals surface area contributed by atoms with Gasteiger partial charge in [-0.2, -0.15) is 5.10 Å². The van der Waals surface area contributed by atoms with Gasteiger partial charge in [0.25, 0.3) is 0 Å². The van der Waals surface area contributed by atoms with Gasteiger partial charge < -0.3 is 5.32 Å². The molecule has 2 aromatic carbocycles. The molecule has 0 bridgehead atoms. The average molecular weight is 376 g/mol. The lowest BCUT2D eigenvalue weighted by Gasteiger charge is -2.27. The standard InChI is InChI=1S/C24H29N3O/c1-17-8-12-19(13-9-17)22-16-23(20-14-10-18(2)11-15-20)27(26-22)24(28)25-21-6-4-3-5-7-21/h8-15,21,23H,3-7,16H2,1-2H3,(H,25,28). The van der Waals surface area contributed by atoms with Crippen LogP contribution in [0, 0.1) is 13.8 Å². The molecule has 1 atom stereocenters. The van der Waals surface area contributed by atoms with Gasteiger partial charge in [-0.25, -0.2) is 9.80 Å². The molecular weight excluding hydrogens is 346 g/mol. The smallest absolute Gasteiger partial charge is 0.334 e. The van der Waals surface area contributed by atoms with Crippen molar-refractivity contribution >= 4 is 11.7 Å². The van der Waals surface area contributed by atoms with E-state index in [1.54, 1.807) is 5.01 Å². The molecule has 146 valence electrons. The summed E-state index contributed by atoms with van der Waals surface area (Å²) in [5, 5.41) is 9.68. The zero-order valence-corrected chi connectivity index (χ0v) is 16.8. The van der Waals surface area contributed by atoms with Crippen LogP contribution in [0.4, 0.5) is 4.79 Å². The molecule has 2 aromatic rings. The van der Waals surface area contributed by atoms with Gasteiger partial charge in [-0.05, 0) is 37.8 Å². The Hall–Kier alpha value is -2.62. The summed E-state index contributed by atoms with van der Waals surface area (Å²) in [7, 11) is 0. The molecule has 4 heteroatoms. The summed E-state index contributed by atoms with van der Waals surface area (Å²) >= 11 is 0. The highest BCUT2D eigenvalue weighted by molar-refractivity contribution is 6.03. The maximum absolute atomic E-state index is 13.1. The van der Waals surface area contributed by atoms with Crippen LogP contribution < -0.4 is 5.32 Å². The molecule has 0 aromatic heterocycles. The van der Waals surface area contributed by atoms with Crippen molar-refractivity contribution < 1.29 is 4.79 Å². The zero-order valence-electron chi connectivity index (χ0n) is 16.8. The number of rotatable bonds is 3. The van der Waals surface area contributed by atoms with E-state index in [1.165, 1.54) is 30.4 Å². The van der Waals surface area contributed by atoms with Crippen LogP contribution in [-0.4, -0.2) is 22.8 Å². The Balaban J connectivity index is 1.59. The van der Waals surface area contributed by atoms with E-state index in [-0.39, 0.29) is 18.1 Å². The topological polar surface area (TPSA) is 44.7 Å². The number of amides is 2. The number of aryl methyl sites for hydroxylation is 2. The Morgan fingerprint density at radius 2 is 1.54 bits per heavy atom. The third-order valence-corrected chi connectivity index (χ3v) is 5.90. The van der Waals surface area contributed by atoms with Crippen LogP contribution >= 0.6 is 0 Å². The van der Waals surface area contributed by atoms with Gasteiger partial charge >= 0.3 is 6.03 Å². The number of carbonyl (C=O) groups excluding carboxylic acids is 1. The zero-order chi connectivity index (χ0) is 19.5. The van der Waals surface area contributed by atoms with Crippen LogP contribution in [0.25, 0.3) is 0 Å². The third kappa shape index (κ3) is 4.11. The number of carbonyl (C=O) groups is 1. The van der Waals surface area contributed by atoms with Crippen molar-refractivity contribution in [2.75, 3.05) is 0 Å². The Morgan fingerprint density at radius 1 is 0.929 bits per heavy atom. The predicted molar refractivity (Wildman–Crippen MR) is 113 cm³/mol. The van der Waals surface area contributed by atoms with Crippen molar-refractivity contribution in [2.45, 2.75) is 64.5 Å². The summed E-state index contributed by atoms with van der Waals surface area (Å²) in [5.41, 5.74) is 5.65. The van der Waals surface area contributed by atoms with Crippen LogP contribution in [0.15, 0.2) is 53.6 Å². The molecular formula is C24H29N3O. The maximum atomic E-state index is 13.1. The van der Waals surface area contributed by atoms with Crippen molar-refractivity contribution in [1.82, 2.24) is 10.3 Å². The van der Waals surface area contributed by atoms with Crippen LogP contribution in [0.3, 0.4) is 0 Å². The molecule has 1 aliphatic heterocycles. The van der Waals surface area contributed by atoms with Gasteiger partial charge in [0.15, 0.2) is 0 Å². The minimum absolute atomic E-state index is 0.0551. The lowest BCUT2D eigenvalue weighted by atomic mass is 9.95. The molecule has 4 rings (SSSR count). The first-order valence-corrected chi connectivity index (χ1v) is 10.4. The molecule has 2 amide bonds. The summed E-state index contributed by atoms with van der Waals surface area (Å²) in [4.78, 5) is 13.1. The summed E-state index contributed by atoms with van der Waals surface area (Å²) in [6, 6.07) is 17.0. The van der Waals surface area contributed by atoms with E-state index >= 15 is 0 Å². The monoisotopic (exact) mass is 375 g/mol. The molecule has 2 aliphatic rings. The Morgan fingerprint density at radius 3 is 2.18 bits per heavy atom. The molecule has 1 aliphatic carbocycles. The van der Waals surface area contributed by atoms with E-state index in [4.69, 9.17) is 5.10 Å². The first-order valence-electron chi connectivity index (χ1n) is 10.4. The number of hydrogen-bond acceptors (Lipinski definition) is 2. The highest BCUT2D eigenvalue weighted by Gasteiger charge is 2.34. The molecule has 0 saturated heterocycles. The number of nitrogens with zero attached hydrogens (tertiary/aromatic N) is 2. The quantitative estimate of drug-likeness (QED) is 0.757. The number of hydrogen-bond donors (Lipinski definition) is 1. The highest BCUT2D eigenvalue weighted by atomic mass is 16.2. The van der Waals surface area contributed by atoms with Gasteiger partial charge in [-0.1, -0.05) is 78.9 Å². The van der Waals surface area contributed by atoms with E-state index in [2.05, 4.69) is 67.7 Å². The minimum Gasteiger partial charge on any atom is -0.334 e. The third-order valence-electron chi connectivity index (χ3n) is 5.90. The molecule has 1 fully saturated rings. The highest BCUT2D eigenvalue weighted by Crippen LogP contribution is 2.33. The van der Waals surface area contributed by atoms with Gasteiger partial charge in [0.1, 0.15) is 0 Å². The number of nitrogens with one attached hydrogen (secondary N) is 1. The largest absolute Gasteiger partial charge is 0.338 e. The average Bonchev–Trinajstić information content (AvgIpc) is 3.15. The molecule has 1 N–H and O–H groups in total. The lowest BCUT2D eigenvalue weighted by molar-refractivity contribution is 0.178. The van der Waals surface area contributed by atoms with Crippen molar-refractivity contribution in [3.05, 3.63) is 70.8 Å². The van der Waals surface area contributed by atoms with E-state index in [0.717, 1.165) is 36.1 Å². The second-order valence-corrected chi connectivity index (χ2v) is 8.17. The molecule has 1 saturated carbocycles. The fraction of sp³-hybridized carbons (Fsp3) is 0.417. The fourth-order valence-electron chi connectivity index (χ4n) is 4.15. The second-order valence-electron chi connectivity index (χ2n) is 8.17. The summed E-state index contributed by atoms with van der Waals surface area (Å²) in [5.74, 6) is 0. The normalized spacial score (nSPS) is 20.1. The van der Waals surface area contributed by atoms with Crippen molar-refractivity contribution in [3.8, 4) is 0 Å². The number of benzene rings is 2. The van der Waals surface area contributed by atoms with E-state index in [1.807, 2.05) is 0 Å². The van der Waals surface area contributed by atoms with Crippen LogP contribution in [0.2, 0.25) is 0 Å². The van der Waals surface area contributed by atoms with Gasteiger partial charge in [0, 0.05) is 12.5 Å². The van der Waals surface area contributed by atoms with E-state index < -0.39 is 0 Å². The molecule has 28 heavy (non-hydrogen) atoms. The summed E-state index contributed by atoms with van der Waals surface area (Å²) < 4.78 is 0. The first-order chi connectivity index (χ1) is 13.6. The molecule has 0 spiro atoms. The van der Waals surface area contributed by atoms with Gasteiger partial charge in [-0.15, -0.1) is 0 Å². The maximum Gasteiger partial charge on any atom is 0.338 e. The molecule has 1 unspecified atom stereocenters. The lowest BCUT2D eigenvalue weighted by Crippen LogP contribution is -2.43. The Kier molecular flexibility index (Phi) is 5.47. The second kappa shape index (κ2) is 8.17. The van der Waals surface area contributed by atoms with Gasteiger partial charge in [-0.3, -0.25) is 0 Å². The van der Waals surface area contributed by atoms with Gasteiger partial charge in [0.2, 0.25) is 0 Å². The molecule has 1 heterocycles. The van der Waals surface area contributed by atoms with Crippen molar-refractivity contribution in [2.24, 2.45) is 5.10 Å². The van der Waals surface area contributed by atoms with Gasteiger partial charge in [0.05, 0.1) is 11.8 Å². The van der Waals surface area contributed by atoms with Crippen LogP contribution in [0.1, 0.15) is 66.8 Å². The summed E-state index contributed by atoms with van der Waals surface area (Å²) in [6.45, 7) is 4.17. The van der Waals surface area contributed by atoms with Crippen LogP contribution in [0.5, 0.6) is 0 Å². The SMILES string of the molecule is Cc1ccc(C2=NN(C(=O)NC3CCCCC3)C(c3ccc(C)cc3)C2)cc1. The summed E-state index contributed by atoms with van der Waals surface area (Å²) in [6.07, 6.45) is 6.56. The molecule has 4 nitrogen and oxygen atoms in total. The first kappa shape index (κ1) is 18.7. The van der Waals surface area contributed by atoms with Crippen molar-refractivity contribution in [3.63, 3.8) is 0 Å². The van der Waals surface area contributed by atoms with Crippen molar-refractivity contribution in [1.29, 1.82) is 0 Å². The Labute approximate surface area is 167 Å². The fourth-order valence-corrected chi connectivity index (χ4v) is 4.15. The number of hydrazone groups is 1. The Bertz CT molecular complexity index is 848. The molecule has 0 radical (unpaired) electrons. The van der Waals surface area contributed by atoms with E-state index in [0.29, 0.717) is 0 Å². The minimum atomic E-state index is -0.0698. The van der Waals surface area contributed by atoms with E-state index in [9.17, 15) is 4.79 Å². The van der Waals surface area contributed by atoms with Crippen LogP contribution in [-0.2, 0) is 0 Å². The number of urea groups is 1.